The molecule has 0 amide bonds. The Bertz CT molecular complexity index is 600. The van der Waals surface area contributed by atoms with Crippen LogP contribution in [0.25, 0.3) is 0 Å². The number of methoxy groups -OCH3 is 1. The largest absolute Gasteiger partial charge is 0.385 e. The number of ether oxygens (including phenoxy) is 1. The predicted molar refractivity (Wildman–Crippen MR) is 127 cm³/mol. The summed E-state index contributed by atoms with van der Waals surface area (Å²) in [5.74, 6) is 1.62. The average Bonchev–Trinajstić information content (AvgIpc) is 3.21. The number of thiazole rings is 1. The molecule has 2 rings (SSSR count). The Hall–Kier alpha value is -1.22. The van der Waals surface area contributed by atoms with E-state index >= 15 is 0 Å². The molecule has 1 saturated heterocycles. The van der Waals surface area contributed by atoms with E-state index in [1.165, 1.54) is 23.5 Å². The van der Waals surface area contributed by atoms with E-state index in [2.05, 4.69) is 46.7 Å². The van der Waals surface area contributed by atoms with Crippen molar-refractivity contribution in [2.75, 3.05) is 66.6 Å². The van der Waals surface area contributed by atoms with Crippen LogP contribution in [0.2, 0.25) is 0 Å². The first kappa shape index (κ1) is 25.0. The third-order valence-corrected chi connectivity index (χ3v) is 6.56. The Morgan fingerprint density at radius 1 is 1.30 bits per heavy atom. The molecule has 1 aliphatic heterocycles. The molecule has 1 aromatic rings. The second-order valence-corrected chi connectivity index (χ2v) is 9.04. The highest BCUT2D eigenvalue weighted by Gasteiger charge is 2.20. The van der Waals surface area contributed by atoms with Crippen LogP contribution in [0.3, 0.4) is 0 Å². The quantitative estimate of drug-likeness (QED) is 0.280. The van der Waals surface area contributed by atoms with Gasteiger partial charge in [0.25, 0.3) is 0 Å². The minimum atomic E-state index is 0.676. The third kappa shape index (κ3) is 9.73. The van der Waals surface area contributed by atoms with Gasteiger partial charge in [-0.2, -0.15) is 0 Å². The van der Waals surface area contributed by atoms with Crippen molar-refractivity contribution in [3.05, 3.63) is 16.1 Å². The van der Waals surface area contributed by atoms with Crippen molar-refractivity contribution < 1.29 is 4.74 Å². The highest BCUT2D eigenvalue weighted by Crippen LogP contribution is 2.20. The molecule has 172 valence electrons. The summed E-state index contributed by atoms with van der Waals surface area (Å²) < 4.78 is 5.12. The van der Waals surface area contributed by atoms with Gasteiger partial charge in [-0.25, -0.2) is 4.98 Å². The monoisotopic (exact) mass is 438 g/mol. The summed E-state index contributed by atoms with van der Waals surface area (Å²) in [4.78, 5) is 14.4. The summed E-state index contributed by atoms with van der Waals surface area (Å²) in [7, 11) is 3.91. The molecule has 0 spiro atoms. The second kappa shape index (κ2) is 14.7. The van der Waals surface area contributed by atoms with E-state index in [1.807, 2.05) is 0 Å². The van der Waals surface area contributed by atoms with Gasteiger partial charge in [0, 0.05) is 58.4 Å². The number of aryl methyl sites for hydroxylation is 1. The molecule has 1 aromatic heterocycles. The number of aromatic nitrogens is 1. The van der Waals surface area contributed by atoms with E-state index in [9.17, 15) is 0 Å². The summed E-state index contributed by atoms with van der Waals surface area (Å²) in [6.45, 7) is 13.2. The minimum Gasteiger partial charge on any atom is -0.385 e. The number of rotatable bonds is 13. The van der Waals surface area contributed by atoms with Crippen molar-refractivity contribution in [3.8, 4) is 0 Å². The number of guanidine groups is 1. The summed E-state index contributed by atoms with van der Waals surface area (Å²) >= 11 is 1.79. The first-order chi connectivity index (χ1) is 14.6. The molecule has 1 aliphatic rings. The number of likely N-dealkylation sites (N-methyl/N-ethyl adjacent to an activating group) is 1. The third-order valence-electron chi connectivity index (χ3n) is 5.52. The van der Waals surface area contributed by atoms with Gasteiger partial charge in [0.1, 0.15) is 0 Å². The lowest BCUT2D eigenvalue weighted by atomic mass is 9.97. The van der Waals surface area contributed by atoms with Gasteiger partial charge < -0.3 is 20.3 Å². The molecule has 0 aliphatic carbocycles. The maximum Gasteiger partial charge on any atom is 0.191 e. The van der Waals surface area contributed by atoms with E-state index in [1.54, 1.807) is 18.4 Å². The number of hydrogen-bond acceptors (Lipinski definition) is 6. The number of hydrogen-bond donors (Lipinski definition) is 2. The van der Waals surface area contributed by atoms with Crippen LogP contribution in [-0.4, -0.2) is 87.3 Å². The number of nitrogens with one attached hydrogen (secondary N) is 2. The molecule has 0 saturated carbocycles. The zero-order valence-corrected chi connectivity index (χ0v) is 20.3. The van der Waals surface area contributed by atoms with Crippen LogP contribution >= 0.6 is 11.3 Å². The van der Waals surface area contributed by atoms with E-state index in [0.717, 1.165) is 77.8 Å². The van der Waals surface area contributed by atoms with Crippen molar-refractivity contribution in [2.24, 2.45) is 10.9 Å². The number of aliphatic imine (C=N–C) groups is 1. The van der Waals surface area contributed by atoms with Gasteiger partial charge in [-0.05, 0) is 58.7 Å². The first-order valence-corrected chi connectivity index (χ1v) is 12.4. The lowest BCUT2D eigenvalue weighted by Gasteiger charge is -2.30. The topological polar surface area (TPSA) is 65.0 Å². The molecular formula is C22H42N6OS. The SMILES string of the molecule is CCNC(=NCC1CCN(Cc2csc(CC)n2)CC1)NCCN(C)CCCOC. The molecule has 0 bridgehead atoms. The lowest BCUT2D eigenvalue weighted by Crippen LogP contribution is -2.41. The van der Waals surface area contributed by atoms with Gasteiger partial charge in [0.2, 0.25) is 0 Å². The van der Waals surface area contributed by atoms with Gasteiger partial charge in [0.05, 0.1) is 10.7 Å². The maximum atomic E-state index is 5.12. The highest BCUT2D eigenvalue weighted by molar-refractivity contribution is 7.09. The second-order valence-electron chi connectivity index (χ2n) is 8.10. The Balaban J connectivity index is 1.66. The molecule has 0 aromatic carbocycles. The first-order valence-electron chi connectivity index (χ1n) is 11.5. The zero-order valence-electron chi connectivity index (χ0n) is 19.5. The lowest BCUT2D eigenvalue weighted by molar-refractivity contribution is 0.179. The van der Waals surface area contributed by atoms with E-state index in [0.29, 0.717) is 5.92 Å². The minimum absolute atomic E-state index is 0.676. The van der Waals surface area contributed by atoms with Gasteiger partial charge in [0.15, 0.2) is 5.96 Å². The Labute approximate surface area is 187 Å². The van der Waals surface area contributed by atoms with Gasteiger partial charge in [-0.3, -0.25) is 9.89 Å². The van der Waals surface area contributed by atoms with Crippen molar-refractivity contribution in [1.29, 1.82) is 0 Å². The van der Waals surface area contributed by atoms with Gasteiger partial charge in [-0.1, -0.05) is 6.92 Å². The highest BCUT2D eigenvalue weighted by atomic mass is 32.1. The van der Waals surface area contributed by atoms with Gasteiger partial charge >= 0.3 is 0 Å². The smallest absolute Gasteiger partial charge is 0.191 e. The van der Waals surface area contributed by atoms with Crippen molar-refractivity contribution in [3.63, 3.8) is 0 Å². The fourth-order valence-electron chi connectivity index (χ4n) is 3.66. The van der Waals surface area contributed by atoms with Crippen LogP contribution < -0.4 is 10.6 Å². The molecule has 0 atom stereocenters. The molecular weight excluding hydrogens is 396 g/mol. The van der Waals surface area contributed by atoms with Crippen molar-refractivity contribution >= 4 is 17.3 Å². The summed E-state index contributed by atoms with van der Waals surface area (Å²) in [5.41, 5.74) is 1.24. The van der Waals surface area contributed by atoms with E-state index in [4.69, 9.17) is 14.7 Å². The molecule has 0 unspecified atom stereocenters. The van der Waals surface area contributed by atoms with Crippen LogP contribution in [-0.2, 0) is 17.7 Å². The molecule has 7 nitrogen and oxygen atoms in total. The molecule has 30 heavy (non-hydrogen) atoms. The van der Waals surface area contributed by atoms with Crippen LogP contribution in [0.5, 0.6) is 0 Å². The van der Waals surface area contributed by atoms with E-state index in [-0.39, 0.29) is 0 Å². The van der Waals surface area contributed by atoms with Gasteiger partial charge in [-0.15, -0.1) is 11.3 Å². The number of likely N-dealkylation sites (tertiary alicyclic amines) is 1. The van der Waals surface area contributed by atoms with Crippen LogP contribution in [0.15, 0.2) is 10.4 Å². The Morgan fingerprint density at radius 2 is 2.10 bits per heavy atom. The van der Waals surface area contributed by atoms with Crippen LogP contribution in [0.1, 0.15) is 43.8 Å². The molecule has 2 N–H and O–H groups in total. The van der Waals surface area contributed by atoms with Crippen molar-refractivity contribution in [1.82, 2.24) is 25.4 Å². The average molecular weight is 439 g/mol. The predicted octanol–water partition coefficient (Wildman–Crippen LogP) is 2.44. The van der Waals surface area contributed by atoms with Crippen LogP contribution in [0.4, 0.5) is 0 Å². The maximum absolute atomic E-state index is 5.12. The Kier molecular flexibility index (Phi) is 12.3. The Morgan fingerprint density at radius 3 is 2.77 bits per heavy atom. The normalized spacial score (nSPS) is 16.4. The fraction of sp³-hybridized carbons (Fsp3) is 0.818. The number of nitrogens with zero attached hydrogens (tertiary/aromatic N) is 4. The summed E-state index contributed by atoms with van der Waals surface area (Å²) in [6.07, 6.45) is 4.55. The standard InChI is InChI=1S/C22H42N6OS/c1-5-21-26-20(18-30-21)17-28-12-8-19(9-13-28)16-25-22(23-6-2)24-10-14-27(3)11-7-15-29-4/h18-19H,5-17H2,1-4H3,(H2,23,24,25). The molecule has 8 heteroatoms. The molecule has 0 radical (unpaired) electrons. The zero-order chi connectivity index (χ0) is 21.6. The summed E-state index contributed by atoms with van der Waals surface area (Å²) in [6, 6.07) is 0. The summed E-state index contributed by atoms with van der Waals surface area (Å²) in [5, 5.41) is 10.3. The van der Waals surface area contributed by atoms with Crippen molar-refractivity contribution in [2.45, 2.75) is 46.1 Å². The van der Waals surface area contributed by atoms with Crippen LogP contribution in [0, 0.1) is 5.92 Å². The molecule has 1 fully saturated rings. The fourth-order valence-corrected chi connectivity index (χ4v) is 4.39. The number of piperidine rings is 1. The molecule has 2 heterocycles. The van der Waals surface area contributed by atoms with E-state index < -0.39 is 0 Å².